The molecule has 2 aliphatic rings. The van der Waals surface area contributed by atoms with Gasteiger partial charge in [-0.2, -0.15) is 5.10 Å². The Balaban J connectivity index is 1.35. The lowest BCUT2D eigenvalue weighted by molar-refractivity contribution is -0.117. The van der Waals surface area contributed by atoms with E-state index >= 15 is 0 Å². The van der Waals surface area contributed by atoms with Gasteiger partial charge in [-0.25, -0.2) is 0 Å². The van der Waals surface area contributed by atoms with E-state index in [9.17, 15) is 4.79 Å². The van der Waals surface area contributed by atoms with Crippen LogP contribution in [0.25, 0.3) is 0 Å². The van der Waals surface area contributed by atoms with Crippen molar-refractivity contribution in [1.82, 2.24) is 5.43 Å². The third-order valence-corrected chi connectivity index (χ3v) is 6.84. The number of rotatable bonds is 5. The number of fused-ring (bicyclic) bond motifs is 2. The molecule has 32 heavy (non-hydrogen) atoms. The molecule has 1 N–H and O–H groups in total. The van der Waals surface area contributed by atoms with Gasteiger partial charge in [0.15, 0.2) is 0 Å². The van der Waals surface area contributed by atoms with E-state index in [2.05, 4.69) is 40.9 Å². The van der Waals surface area contributed by atoms with Crippen LogP contribution < -0.4 is 10.3 Å². The molecule has 0 spiro atoms. The smallest absolute Gasteiger partial charge is 0.252 e. The third kappa shape index (κ3) is 3.87. The summed E-state index contributed by atoms with van der Waals surface area (Å²) in [6.07, 6.45) is 11.1. The highest BCUT2D eigenvalue weighted by molar-refractivity contribution is 7.99. The van der Waals surface area contributed by atoms with E-state index in [1.165, 1.54) is 5.56 Å². The molecular weight excluding hydrogens is 414 g/mol. The van der Waals surface area contributed by atoms with Crippen molar-refractivity contribution in [1.29, 1.82) is 0 Å². The predicted molar refractivity (Wildman–Crippen MR) is 132 cm³/mol. The molecule has 0 saturated carbocycles. The monoisotopic (exact) mass is 437 g/mol. The fraction of sp³-hybridized carbons (Fsp3) is 0.111. The molecule has 3 aromatic rings. The highest BCUT2D eigenvalue weighted by atomic mass is 32.2. The Hall–Kier alpha value is -3.57. The number of nitrogens with one attached hydrogen (secondary N) is 1. The SMILES string of the molecule is O=C(CN/N=C\C1(c2ccccc2)C=CC=CC1)N1c2ccccc2Sc2ccccc21. The second kappa shape index (κ2) is 8.89. The van der Waals surface area contributed by atoms with Gasteiger partial charge in [0.05, 0.1) is 16.8 Å². The number of carbonyl (C=O) groups excluding carboxylic acids is 1. The Labute approximate surface area is 192 Å². The first-order valence-electron chi connectivity index (χ1n) is 10.6. The van der Waals surface area contributed by atoms with Crippen molar-refractivity contribution in [2.75, 3.05) is 11.4 Å². The molecule has 0 saturated heterocycles. The quantitative estimate of drug-likeness (QED) is 0.403. The number of hydrogen-bond acceptors (Lipinski definition) is 4. The lowest BCUT2D eigenvalue weighted by atomic mass is 9.76. The van der Waals surface area contributed by atoms with Gasteiger partial charge in [0.2, 0.25) is 0 Å². The lowest BCUT2D eigenvalue weighted by Crippen LogP contribution is -2.35. The Bertz CT molecular complexity index is 1170. The van der Waals surface area contributed by atoms with Gasteiger partial charge >= 0.3 is 0 Å². The molecule has 0 fully saturated rings. The first kappa shape index (κ1) is 20.3. The van der Waals surface area contributed by atoms with Crippen LogP contribution in [-0.4, -0.2) is 18.7 Å². The molecule has 5 heteroatoms. The van der Waals surface area contributed by atoms with E-state index in [0.717, 1.165) is 27.6 Å². The van der Waals surface area contributed by atoms with Crippen molar-refractivity contribution in [3.63, 3.8) is 0 Å². The van der Waals surface area contributed by atoms with Crippen LogP contribution in [0, 0.1) is 0 Å². The minimum atomic E-state index is -0.312. The first-order valence-corrected chi connectivity index (χ1v) is 11.4. The Morgan fingerprint density at radius 3 is 2.25 bits per heavy atom. The van der Waals surface area contributed by atoms with Gasteiger partial charge in [0.1, 0.15) is 6.54 Å². The van der Waals surface area contributed by atoms with Crippen LogP contribution in [0.4, 0.5) is 11.4 Å². The van der Waals surface area contributed by atoms with Crippen molar-refractivity contribution < 1.29 is 4.79 Å². The maximum atomic E-state index is 13.3. The largest absolute Gasteiger partial charge is 0.301 e. The lowest BCUT2D eigenvalue weighted by Gasteiger charge is -2.31. The number of hydrogen-bond donors (Lipinski definition) is 1. The minimum Gasteiger partial charge on any atom is -0.301 e. The summed E-state index contributed by atoms with van der Waals surface area (Å²) in [5.41, 5.74) is 5.68. The number of para-hydroxylation sites is 2. The maximum absolute atomic E-state index is 13.3. The highest BCUT2D eigenvalue weighted by Gasteiger charge is 2.29. The predicted octanol–water partition coefficient (Wildman–Crippen LogP) is 5.85. The van der Waals surface area contributed by atoms with E-state index in [-0.39, 0.29) is 17.9 Å². The Kier molecular flexibility index (Phi) is 5.65. The fourth-order valence-electron chi connectivity index (χ4n) is 4.10. The van der Waals surface area contributed by atoms with E-state index in [1.54, 1.807) is 16.7 Å². The molecule has 0 radical (unpaired) electrons. The van der Waals surface area contributed by atoms with Gasteiger partial charge in [-0.15, -0.1) is 0 Å². The summed E-state index contributed by atoms with van der Waals surface area (Å²) in [6, 6.07) is 26.3. The summed E-state index contributed by atoms with van der Waals surface area (Å²) in [6.45, 7) is 0.105. The number of anilines is 2. The normalized spacial score (nSPS) is 18.9. The second-order valence-electron chi connectivity index (χ2n) is 7.76. The second-order valence-corrected chi connectivity index (χ2v) is 8.84. The molecule has 1 atom stereocenters. The van der Waals surface area contributed by atoms with Crippen LogP contribution in [0.5, 0.6) is 0 Å². The van der Waals surface area contributed by atoms with Gasteiger partial charge < -0.3 is 5.43 Å². The first-order chi connectivity index (χ1) is 15.8. The van der Waals surface area contributed by atoms with Crippen molar-refractivity contribution >= 4 is 35.3 Å². The summed E-state index contributed by atoms with van der Waals surface area (Å²) in [5.74, 6) is -0.0461. The van der Waals surface area contributed by atoms with Crippen molar-refractivity contribution in [2.45, 2.75) is 21.6 Å². The zero-order valence-electron chi connectivity index (χ0n) is 17.5. The summed E-state index contributed by atoms with van der Waals surface area (Å²) >= 11 is 1.69. The van der Waals surface area contributed by atoms with Crippen LogP contribution in [0.1, 0.15) is 12.0 Å². The summed E-state index contributed by atoms with van der Waals surface area (Å²) in [5, 5.41) is 4.48. The standard InChI is InChI=1S/C27H23N3OS/c31-26(30-22-13-5-7-15-24(22)32-25-16-8-6-14-23(25)30)19-28-29-20-27(17-9-2-10-18-27)21-11-3-1-4-12-21/h1-17,20,28H,18-19H2/b29-20-. The van der Waals surface area contributed by atoms with Gasteiger partial charge in [-0.1, -0.05) is 90.7 Å². The van der Waals surface area contributed by atoms with E-state index < -0.39 is 0 Å². The highest BCUT2D eigenvalue weighted by Crippen LogP contribution is 2.47. The number of hydrazone groups is 1. The number of benzene rings is 3. The topological polar surface area (TPSA) is 44.7 Å². The average Bonchev–Trinajstić information content (AvgIpc) is 2.86. The molecule has 1 heterocycles. The van der Waals surface area contributed by atoms with E-state index in [1.807, 2.05) is 79.0 Å². The average molecular weight is 438 g/mol. The number of carbonyl (C=O) groups is 1. The van der Waals surface area contributed by atoms with Crippen LogP contribution >= 0.6 is 11.8 Å². The van der Waals surface area contributed by atoms with Crippen molar-refractivity contribution in [3.05, 3.63) is 109 Å². The van der Waals surface area contributed by atoms with Gasteiger partial charge in [-0.05, 0) is 36.2 Å². The van der Waals surface area contributed by atoms with Crippen molar-refractivity contribution in [3.8, 4) is 0 Å². The molecule has 0 aromatic heterocycles. The van der Waals surface area contributed by atoms with Gasteiger partial charge in [0, 0.05) is 16.0 Å². The van der Waals surface area contributed by atoms with Crippen LogP contribution in [0.3, 0.4) is 0 Å². The summed E-state index contributed by atoms with van der Waals surface area (Å²) in [4.78, 5) is 17.2. The van der Waals surface area contributed by atoms with Crippen LogP contribution in [0.2, 0.25) is 0 Å². The molecule has 1 unspecified atom stereocenters. The third-order valence-electron chi connectivity index (χ3n) is 5.71. The van der Waals surface area contributed by atoms with Crippen LogP contribution in [0.15, 0.2) is 118 Å². The summed E-state index contributed by atoms with van der Waals surface area (Å²) in [7, 11) is 0. The van der Waals surface area contributed by atoms with E-state index in [0.29, 0.717) is 0 Å². The number of allylic oxidation sites excluding steroid dienone is 4. The fourth-order valence-corrected chi connectivity index (χ4v) is 5.15. The van der Waals surface area contributed by atoms with Gasteiger partial charge in [-0.3, -0.25) is 9.69 Å². The minimum absolute atomic E-state index is 0.0461. The molecule has 1 aliphatic carbocycles. The molecule has 4 nitrogen and oxygen atoms in total. The zero-order valence-corrected chi connectivity index (χ0v) is 18.3. The zero-order chi connectivity index (χ0) is 21.8. The molecule has 1 aliphatic heterocycles. The van der Waals surface area contributed by atoms with Crippen molar-refractivity contribution in [2.24, 2.45) is 5.10 Å². The Morgan fingerprint density at radius 1 is 0.938 bits per heavy atom. The van der Waals surface area contributed by atoms with E-state index in [4.69, 9.17) is 0 Å². The molecule has 0 bridgehead atoms. The molecule has 1 amide bonds. The molecule has 3 aromatic carbocycles. The molecule has 5 rings (SSSR count). The number of nitrogens with zero attached hydrogens (tertiary/aromatic N) is 2. The number of amides is 1. The van der Waals surface area contributed by atoms with Gasteiger partial charge in [0.25, 0.3) is 5.91 Å². The Morgan fingerprint density at radius 2 is 1.59 bits per heavy atom. The maximum Gasteiger partial charge on any atom is 0.252 e. The molecular formula is C27H23N3OS. The van der Waals surface area contributed by atoms with Crippen LogP contribution in [-0.2, 0) is 10.2 Å². The molecule has 158 valence electrons. The summed E-state index contributed by atoms with van der Waals surface area (Å²) < 4.78 is 0.